The highest BCUT2D eigenvalue weighted by Crippen LogP contribution is 2.25. The van der Waals surface area contributed by atoms with Gasteiger partial charge in [0, 0.05) is 6.42 Å². The Morgan fingerprint density at radius 1 is 1.03 bits per heavy atom. The first-order chi connectivity index (χ1) is 14.4. The highest BCUT2D eigenvalue weighted by Gasteiger charge is 2.25. The van der Waals surface area contributed by atoms with Gasteiger partial charge in [-0.25, -0.2) is 9.78 Å². The van der Waals surface area contributed by atoms with Crippen LogP contribution in [0.1, 0.15) is 37.2 Å². The Morgan fingerprint density at radius 3 is 2.40 bits per heavy atom. The Bertz CT molecular complexity index is 872. The zero-order chi connectivity index (χ0) is 21.9. The van der Waals surface area contributed by atoms with E-state index in [4.69, 9.17) is 19.9 Å². The Labute approximate surface area is 174 Å². The molecule has 2 rings (SSSR count). The van der Waals surface area contributed by atoms with E-state index in [2.05, 4.69) is 10.3 Å². The number of nitrogens with zero attached hydrogens (tertiary/aromatic N) is 1. The van der Waals surface area contributed by atoms with Gasteiger partial charge in [0.2, 0.25) is 5.88 Å². The first-order valence-electron chi connectivity index (χ1n) is 9.57. The number of carbonyl (C=O) groups is 3. The molecule has 9 heteroatoms. The monoisotopic (exact) mass is 415 g/mol. The third-order valence-electron chi connectivity index (χ3n) is 3.90. The topological polar surface area (TPSA) is 130 Å². The van der Waals surface area contributed by atoms with Crippen molar-refractivity contribution < 1.29 is 28.6 Å². The van der Waals surface area contributed by atoms with Crippen LogP contribution in [0.3, 0.4) is 0 Å². The first kappa shape index (κ1) is 22.7. The van der Waals surface area contributed by atoms with Crippen molar-refractivity contribution in [2.75, 3.05) is 18.9 Å². The summed E-state index contributed by atoms with van der Waals surface area (Å²) in [5.74, 6) is -1.17. The average molecular weight is 415 g/mol. The molecule has 1 unspecified atom stereocenters. The van der Waals surface area contributed by atoms with Gasteiger partial charge >= 0.3 is 11.9 Å². The predicted octanol–water partition coefficient (Wildman–Crippen LogP) is 2.46. The molecule has 0 aliphatic rings. The molecule has 1 amide bonds. The van der Waals surface area contributed by atoms with Crippen LogP contribution in [0.25, 0.3) is 0 Å². The summed E-state index contributed by atoms with van der Waals surface area (Å²) in [5, 5.41) is 2.55. The number of para-hydroxylation sites is 1. The van der Waals surface area contributed by atoms with Gasteiger partial charge in [-0.3, -0.25) is 9.59 Å². The summed E-state index contributed by atoms with van der Waals surface area (Å²) in [5.41, 5.74) is 6.14. The van der Waals surface area contributed by atoms with Gasteiger partial charge in [-0.15, -0.1) is 0 Å². The zero-order valence-electron chi connectivity index (χ0n) is 16.9. The quantitative estimate of drug-likeness (QED) is 0.566. The van der Waals surface area contributed by atoms with E-state index in [1.807, 2.05) is 6.07 Å². The predicted molar refractivity (Wildman–Crippen MR) is 109 cm³/mol. The van der Waals surface area contributed by atoms with E-state index in [9.17, 15) is 14.4 Å². The summed E-state index contributed by atoms with van der Waals surface area (Å²) in [7, 11) is 0. The first-order valence-corrected chi connectivity index (χ1v) is 9.57. The number of hydrogen-bond acceptors (Lipinski definition) is 8. The molecule has 0 spiro atoms. The molecule has 0 bridgehead atoms. The molecular formula is C21H25N3O6. The summed E-state index contributed by atoms with van der Waals surface area (Å²) in [6.45, 7) is 3.70. The molecule has 0 aliphatic carbocycles. The number of nitrogens with two attached hydrogens (primary N) is 1. The number of amides is 1. The molecule has 0 radical (unpaired) electrons. The number of hydrogen-bond donors (Lipinski definition) is 2. The third-order valence-corrected chi connectivity index (χ3v) is 3.90. The van der Waals surface area contributed by atoms with Crippen LogP contribution in [-0.4, -0.2) is 42.1 Å². The van der Waals surface area contributed by atoms with E-state index in [1.165, 1.54) is 12.1 Å². The van der Waals surface area contributed by atoms with Gasteiger partial charge in [-0.2, -0.15) is 0 Å². The number of benzene rings is 1. The fourth-order valence-corrected chi connectivity index (χ4v) is 2.48. The lowest BCUT2D eigenvalue weighted by Crippen LogP contribution is -2.42. The second-order valence-corrected chi connectivity index (χ2v) is 6.13. The number of carbonyl (C=O) groups excluding carboxylic acids is 3. The smallest absolute Gasteiger partial charge is 0.328 e. The molecule has 0 saturated carbocycles. The maximum absolute atomic E-state index is 12.7. The van der Waals surface area contributed by atoms with E-state index < -0.39 is 23.9 Å². The molecule has 9 nitrogen and oxygen atoms in total. The van der Waals surface area contributed by atoms with Crippen LogP contribution >= 0.6 is 0 Å². The van der Waals surface area contributed by atoms with Crippen LogP contribution in [0.2, 0.25) is 0 Å². The van der Waals surface area contributed by atoms with Crippen LogP contribution in [-0.2, 0) is 19.1 Å². The molecular weight excluding hydrogens is 390 g/mol. The minimum absolute atomic E-state index is 0.000523. The van der Waals surface area contributed by atoms with Gasteiger partial charge in [0.25, 0.3) is 5.91 Å². The Hall–Kier alpha value is -3.62. The molecule has 3 N–H and O–H groups in total. The second kappa shape index (κ2) is 11.4. The van der Waals surface area contributed by atoms with Gasteiger partial charge in [-0.1, -0.05) is 18.2 Å². The summed E-state index contributed by atoms with van der Waals surface area (Å²) in [4.78, 5) is 40.6. The van der Waals surface area contributed by atoms with Crippen LogP contribution in [0.4, 0.5) is 5.69 Å². The number of nitrogens with one attached hydrogen (secondary N) is 1. The molecule has 0 aliphatic heterocycles. The highest BCUT2D eigenvalue weighted by molar-refractivity contribution is 5.95. The normalized spacial score (nSPS) is 11.3. The molecule has 0 fully saturated rings. The summed E-state index contributed by atoms with van der Waals surface area (Å²) >= 11 is 0. The van der Waals surface area contributed by atoms with Gasteiger partial charge in [0.05, 0.1) is 18.9 Å². The molecule has 1 aromatic heterocycles. The van der Waals surface area contributed by atoms with Gasteiger partial charge in [0.1, 0.15) is 17.5 Å². The van der Waals surface area contributed by atoms with Gasteiger partial charge in [0.15, 0.2) is 0 Å². The highest BCUT2D eigenvalue weighted by atomic mass is 16.5. The van der Waals surface area contributed by atoms with E-state index in [-0.39, 0.29) is 43.3 Å². The van der Waals surface area contributed by atoms with E-state index in [0.717, 1.165) is 0 Å². The molecule has 160 valence electrons. The number of rotatable bonds is 10. The number of anilines is 1. The largest absolute Gasteiger partial charge is 0.466 e. The third kappa shape index (κ3) is 6.77. The minimum Gasteiger partial charge on any atom is -0.466 e. The average Bonchev–Trinajstić information content (AvgIpc) is 2.73. The van der Waals surface area contributed by atoms with Crippen molar-refractivity contribution in [2.45, 2.75) is 32.7 Å². The Kier molecular flexibility index (Phi) is 8.61. The maximum Gasteiger partial charge on any atom is 0.328 e. The summed E-state index contributed by atoms with van der Waals surface area (Å²) in [6.07, 6.45) is -0.0130. The number of ether oxygens (including phenoxy) is 3. The van der Waals surface area contributed by atoms with Crippen molar-refractivity contribution in [3.8, 4) is 11.6 Å². The number of nitrogen functional groups attached to an aromatic ring is 1. The second-order valence-electron chi connectivity index (χ2n) is 6.13. The van der Waals surface area contributed by atoms with Gasteiger partial charge in [-0.05, 0) is 44.5 Å². The Morgan fingerprint density at radius 2 is 1.73 bits per heavy atom. The van der Waals surface area contributed by atoms with E-state index in [0.29, 0.717) is 5.75 Å². The lowest BCUT2D eigenvalue weighted by atomic mass is 10.1. The maximum atomic E-state index is 12.7. The number of esters is 2. The van der Waals surface area contributed by atoms with Crippen molar-refractivity contribution in [3.05, 3.63) is 48.2 Å². The fourth-order valence-electron chi connectivity index (χ4n) is 2.48. The van der Waals surface area contributed by atoms with E-state index in [1.54, 1.807) is 38.1 Å². The molecule has 1 atom stereocenters. The summed E-state index contributed by atoms with van der Waals surface area (Å²) in [6, 6.07) is 10.7. The van der Waals surface area contributed by atoms with Crippen molar-refractivity contribution >= 4 is 23.5 Å². The molecule has 30 heavy (non-hydrogen) atoms. The fraction of sp³-hybridized carbons (Fsp3) is 0.333. The van der Waals surface area contributed by atoms with Gasteiger partial charge < -0.3 is 25.3 Å². The van der Waals surface area contributed by atoms with Crippen LogP contribution in [0.15, 0.2) is 42.5 Å². The van der Waals surface area contributed by atoms with Crippen molar-refractivity contribution in [3.63, 3.8) is 0 Å². The molecule has 1 heterocycles. The van der Waals surface area contributed by atoms with Crippen LogP contribution < -0.4 is 15.8 Å². The van der Waals surface area contributed by atoms with Crippen molar-refractivity contribution in [1.82, 2.24) is 10.3 Å². The van der Waals surface area contributed by atoms with Crippen LogP contribution in [0.5, 0.6) is 11.6 Å². The lowest BCUT2D eigenvalue weighted by molar-refractivity contribution is -0.146. The minimum atomic E-state index is -1.03. The van der Waals surface area contributed by atoms with E-state index >= 15 is 0 Å². The number of pyridine rings is 1. The standard InChI is InChI=1S/C21H25N3O6/c1-3-28-18(25)13-12-17(21(27)29-4-2)23-19(26)16-11-10-15(22)20(24-16)30-14-8-6-5-7-9-14/h5-11,17H,3-4,12-13,22H2,1-2H3,(H,23,26). The van der Waals surface area contributed by atoms with Crippen molar-refractivity contribution in [2.24, 2.45) is 0 Å². The zero-order valence-corrected chi connectivity index (χ0v) is 16.9. The summed E-state index contributed by atoms with van der Waals surface area (Å²) < 4.78 is 15.5. The Balaban J connectivity index is 2.12. The molecule has 0 saturated heterocycles. The molecule has 1 aromatic carbocycles. The SMILES string of the molecule is CCOC(=O)CCC(NC(=O)c1ccc(N)c(Oc2ccccc2)n1)C(=O)OCC. The molecule has 2 aromatic rings. The van der Waals surface area contributed by atoms with Crippen LogP contribution in [0, 0.1) is 0 Å². The van der Waals surface area contributed by atoms with Crippen molar-refractivity contribution in [1.29, 1.82) is 0 Å². The lowest BCUT2D eigenvalue weighted by Gasteiger charge is -2.17. The number of aromatic nitrogens is 1.